The average molecular weight is 371 g/mol. The number of carbonyl (C=O) groups excluding carboxylic acids is 1. The third-order valence-corrected chi connectivity index (χ3v) is 4.87. The largest absolute Gasteiger partial charge is 0.455 e. The van der Waals surface area contributed by atoms with Gasteiger partial charge in [-0.3, -0.25) is 9.69 Å². The van der Waals surface area contributed by atoms with Gasteiger partial charge in [0.25, 0.3) is 5.91 Å². The van der Waals surface area contributed by atoms with E-state index in [1.165, 1.54) is 11.1 Å². The first kappa shape index (κ1) is 21.2. The van der Waals surface area contributed by atoms with E-state index in [-0.39, 0.29) is 11.4 Å². The van der Waals surface area contributed by atoms with Crippen molar-refractivity contribution in [3.63, 3.8) is 0 Å². The molecule has 0 spiro atoms. The summed E-state index contributed by atoms with van der Waals surface area (Å²) in [4.78, 5) is 14.6. The van der Waals surface area contributed by atoms with Gasteiger partial charge in [-0.2, -0.15) is 0 Å². The summed E-state index contributed by atoms with van der Waals surface area (Å²) < 4.78 is 5.84. The van der Waals surface area contributed by atoms with Crippen LogP contribution in [0.5, 0.6) is 0 Å². The smallest absolute Gasteiger partial charge is 0.286 e. The Morgan fingerprint density at radius 1 is 1.07 bits per heavy atom. The standard InChI is InChI=1S/C23H34N2O2/c1-6-7-10-15-24-22(26)21-14-13-20(27-21)17-25(23(3,4)5)16-19-12-9-8-11-18(19)2/h8-9,11-14H,6-7,10,15-17H2,1-5H3,(H,24,26). The van der Waals surface area contributed by atoms with E-state index >= 15 is 0 Å². The summed E-state index contributed by atoms with van der Waals surface area (Å²) in [5.41, 5.74) is 2.59. The Morgan fingerprint density at radius 3 is 2.48 bits per heavy atom. The molecular formula is C23H34N2O2. The molecule has 0 aliphatic rings. The fourth-order valence-corrected chi connectivity index (χ4v) is 2.96. The molecule has 2 aromatic rings. The quantitative estimate of drug-likeness (QED) is 0.609. The second kappa shape index (κ2) is 9.75. The van der Waals surface area contributed by atoms with Crippen molar-refractivity contribution in [1.29, 1.82) is 0 Å². The Bertz CT molecular complexity index is 728. The molecule has 0 saturated heterocycles. The van der Waals surface area contributed by atoms with Crippen molar-refractivity contribution in [2.24, 2.45) is 0 Å². The molecule has 27 heavy (non-hydrogen) atoms. The van der Waals surface area contributed by atoms with Crippen molar-refractivity contribution in [3.05, 3.63) is 59.0 Å². The lowest BCUT2D eigenvalue weighted by atomic mass is 10.0. The topological polar surface area (TPSA) is 45.5 Å². The maximum absolute atomic E-state index is 12.2. The number of nitrogens with zero attached hydrogens (tertiary/aromatic N) is 1. The Hall–Kier alpha value is -2.07. The molecule has 0 saturated carbocycles. The first-order valence-corrected chi connectivity index (χ1v) is 9.97. The minimum atomic E-state index is -0.126. The normalized spacial score (nSPS) is 11.8. The lowest BCUT2D eigenvalue weighted by Crippen LogP contribution is -2.40. The van der Waals surface area contributed by atoms with Gasteiger partial charge in [0.2, 0.25) is 0 Å². The van der Waals surface area contributed by atoms with Crippen LogP contribution in [-0.4, -0.2) is 22.9 Å². The number of nitrogens with one attached hydrogen (secondary N) is 1. The number of hydrogen-bond donors (Lipinski definition) is 1. The molecule has 148 valence electrons. The average Bonchev–Trinajstić information content (AvgIpc) is 3.08. The van der Waals surface area contributed by atoms with Crippen LogP contribution in [0.2, 0.25) is 0 Å². The number of hydrogen-bond acceptors (Lipinski definition) is 3. The number of rotatable bonds is 9. The molecule has 1 N–H and O–H groups in total. The fraction of sp³-hybridized carbons (Fsp3) is 0.522. The van der Waals surface area contributed by atoms with E-state index in [1.807, 2.05) is 6.07 Å². The van der Waals surface area contributed by atoms with Crippen LogP contribution in [0.4, 0.5) is 0 Å². The summed E-state index contributed by atoms with van der Waals surface area (Å²) >= 11 is 0. The van der Waals surface area contributed by atoms with E-state index in [1.54, 1.807) is 6.07 Å². The molecule has 2 rings (SSSR count). The van der Waals surface area contributed by atoms with E-state index < -0.39 is 0 Å². The second-order valence-electron chi connectivity index (χ2n) is 8.18. The second-order valence-corrected chi connectivity index (χ2v) is 8.18. The zero-order valence-electron chi connectivity index (χ0n) is 17.5. The highest BCUT2D eigenvalue weighted by molar-refractivity contribution is 5.91. The van der Waals surface area contributed by atoms with Crippen LogP contribution < -0.4 is 5.32 Å². The van der Waals surface area contributed by atoms with Crippen molar-refractivity contribution in [2.45, 2.75) is 72.5 Å². The minimum absolute atomic E-state index is 0.0162. The molecule has 0 radical (unpaired) electrons. The van der Waals surface area contributed by atoms with Crippen LogP contribution >= 0.6 is 0 Å². The molecule has 0 fully saturated rings. The molecule has 0 aliphatic carbocycles. The predicted octanol–water partition coefficient (Wildman–Crippen LogP) is 5.31. The molecule has 0 aliphatic heterocycles. The van der Waals surface area contributed by atoms with Gasteiger partial charge in [0.05, 0.1) is 6.54 Å². The van der Waals surface area contributed by atoms with E-state index in [0.29, 0.717) is 18.8 Å². The fourth-order valence-electron chi connectivity index (χ4n) is 2.96. The SMILES string of the molecule is CCCCCNC(=O)c1ccc(CN(Cc2ccccc2C)C(C)(C)C)o1. The van der Waals surface area contributed by atoms with Gasteiger partial charge in [-0.25, -0.2) is 0 Å². The summed E-state index contributed by atoms with van der Waals surface area (Å²) in [7, 11) is 0. The molecule has 1 aromatic carbocycles. The lowest BCUT2D eigenvalue weighted by Gasteiger charge is -2.35. The highest BCUT2D eigenvalue weighted by Gasteiger charge is 2.24. The molecule has 0 bridgehead atoms. The Labute approximate surface area is 163 Å². The number of amides is 1. The van der Waals surface area contributed by atoms with Crippen molar-refractivity contribution < 1.29 is 9.21 Å². The van der Waals surface area contributed by atoms with Crippen LogP contribution in [0.3, 0.4) is 0 Å². The Balaban J connectivity index is 2.03. The van der Waals surface area contributed by atoms with Crippen molar-refractivity contribution in [1.82, 2.24) is 10.2 Å². The van der Waals surface area contributed by atoms with Gasteiger partial charge >= 0.3 is 0 Å². The van der Waals surface area contributed by atoms with Gasteiger partial charge in [0.15, 0.2) is 5.76 Å². The molecule has 4 nitrogen and oxygen atoms in total. The number of carbonyl (C=O) groups is 1. The molecular weight excluding hydrogens is 336 g/mol. The van der Waals surface area contributed by atoms with E-state index in [4.69, 9.17) is 4.42 Å². The maximum atomic E-state index is 12.2. The molecule has 1 aromatic heterocycles. The van der Waals surface area contributed by atoms with Gasteiger partial charge in [0, 0.05) is 18.6 Å². The molecule has 0 unspecified atom stereocenters. The number of aryl methyl sites for hydroxylation is 1. The van der Waals surface area contributed by atoms with E-state index in [9.17, 15) is 4.79 Å². The molecule has 1 heterocycles. The van der Waals surface area contributed by atoms with Crippen molar-refractivity contribution in [2.75, 3.05) is 6.54 Å². The van der Waals surface area contributed by atoms with Crippen LogP contribution in [0.25, 0.3) is 0 Å². The third kappa shape index (κ3) is 6.55. The van der Waals surface area contributed by atoms with Gasteiger partial charge in [-0.05, 0) is 57.4 Å². The Kier molecular flexibility index (Phi) is 7.66. The lowest BCUT2D eigenvalue weighted by molar-refractivity contribution is 0.0905. The summed E-state index contributed by atoms with van der Waals surface area (Å²) in [6, 6.07) is 12.2. The highest BCUT2D eigenvalue weighted by Crippen LogP contribution is 2.23. The molecule has 0 atom stereocenters. The summed E-state index contributed by atoms with van der Waals surface area (Å²) in [5, 5.41) is 2.93. The number of furan rings is 1. The van der Waals surface area contributed by atoms with Gasteiger partial charge in [-0.1, -0.05) is 44.0 Å². The van der Waals surface area contributed by atoms with Crippen LogP contribution in [0.15, 0.2) is 40.8 Å². The van der Waals surface area contributed by atoms with Gasteiger partial charge in [-0.15, -0.1) is 0 Å². The zero-order chi connectivity index (χ0) is 19.9. The highest BCUT2D eigenvalue weighted by atomic mass is 16.4. The predicted molar refractivity (Wildman–Crippen MR) is 111 cm³/mol. The monoisotopic (exact) mass is 370 g/mol. The molecule has 4 heteroatoms. The van der Waals surface area contributed by atoms with E-state index in [2.05, 4.69) is 69.1 Å². The first-order valence-electron chi connectivity index (χ1n) is 9.97. The van der Waals surface area contributed by atoms with E-state index in [0.717, 1.165) is 31.6 Å². The van der Waals surface area contributed by atoms with Gasteiger partial charge < -0.3 is 9.73 Å². The summed E-state index contributed by atoms with van der Waals surface area (Å²) in [6.45, 7) is 13.1. The maximum Gasteiger partial charge on any atom is 0.286 e. The van der Waals surface area contributed by atoms with Crippen molar-refractivity contribution in [3.8, 4) is 0 Å². The summed E-state index contributed by atoms with van der Waals surface area (Å²) in [5.74, 6) is 1.09. The summed E-state index contributed by atoms with van der Waals surface area (Å²) in [6.07, 6.45) is 3.28. The first-order chi connectivity index (χ1) is 12.8. The Morgan fingerprint density at radius 2 is 1.81 bits per heavy atom. The van der Waals surface area contributed by atoms with Crippen LogP contribution in [0, 0.1) is 6.92 Å². The molecule has 1 amide bonds. The third-order valence-electron chi connectivity index (χ3n) is 4.87. The van der Waals surface area contributed by atoms with Crippen LogP contribution in [-0.2, 0) is 13.1 Å². The zero-order valence-corrected chi connectivity index (χ0v) is 17.5. The van der Waals surface area contributed by atoms with Crippen molar-refractivity contribution >= 4 is 5.91 Å². The number of benzene rings is 1. The number of unbranched alkanes of at least 4 members (excludes halogenated alkanes) is 2. The van der Waals surface area contributed by atoms with Gasteiger partial charge in [0.1, 0.15) is 5.76 Å². The minimum Gasteiger partial charge on any atom is -0.455 e. The van der Waals surface area contributed by atoms with Crippen LogP contribution in [0.1, 0.15) is 74.4 Å².